The first kappa shape index (κ1) is 15.9. The van der Waals surface area contributed by atoms with E-state index in [1.165, 1.54) is 30.3 Å². The monoisotopic (exact) mass is 361 g/mol. The van der Waals surface area contributed by atoms with E-state index in [4.69, 9.17) is 11.6 Å². The largest absolute Gasteiger partial charge is 0.358 e. The van der Waals surface area contributed by atoms with E-state index in [0.29, 0.717) is 25.2 Å². The van der Waals surface area contributed by atoms with Crippen molar-refractivity contribution in [1.29, 1.82) is 0 Å². The third-order valence-corrected chi connectivity index (χ3v) is 4.68. The van der Waals surface area contributed by atoms with E-state index in [1.807, 2.05) is 0 Å². The van der Waals surface area contributed by atoms with Crippen LogP contribution in [0.15, 0.2) is 36.4 Å². The van der Waals surface area contributed by atoms with Gasteiger partial charge in [0.05, 0.1) is 5.02 Å². The number of carbonyl (C=O) groups excluding carboxylic acids is 1. The van der Waals surface area contributed by atoms with Crippen LogP contribution in [0.3, 0.4) is 0 Å². The van der Waals surface area contributed by atoms with Gasteiger partial charge in [-0.25, -0.2) is 13.6 Å². The van der Waals surface area contributed by atoms with E-state index >= 15 is 0 Å². The van der Waals surface area contributed by atoms with Crippen LogP contribution in [0.5, 0.6) is 0 Å². The lowest BCUT2D eigenvalue weighted by Crippen LogP contribution is -2.38. The number of H-pyrrole nitrogens is 1. The molecule has 0 bridgehead atoms. The predicted octanol–water partition coefficient (Wildman–Crippen LogP) is 4.69. The van der Waals surface area contributed by atoms with Gasteiger partial charge in [0.2, 0.25) is 0 Å². The highest BCUT2D eigenvalue weighted by Crippen LogP contribution is 2.29. The maximum atomic E-state index is 13.5. The Morgan fingerprint density at radius 2 is 2.04 bits per heavy atom. The van der Waals surface area contributed by atoms with E-state index in [9.17, 15) is 13.6 Å². The first-order valence-electron chi connectivity index (χ1n) is 7.81. The Kier molecular flexibility index (Phi) is 3.84. The number of hydrogen-bond donors (Lipinski definition) is 2. The summed E-state index contributed by atoms with van der Waals surface area (Å²) in [4.78, 5) is 17.4. The van der Waals surface area contributed by atoms with Crippen LogP contribution in [0, 0.1) is 11.6 Å². The fourth-order valence-corrected chi connectivity index (χ4v) is 3.32. The molecular formula is C18H14ClF2N3O. The molecule has 2 aromatic carbocycles. The summed E-state index contributed by atoms with van der Waals surface area (Å²) < 4.78 is 26.8. The molecule has 2 heterocycles. The van der Waals surface area contributed by atoms with Gasteiger partial charge >= 0.3 is 6.03 Å². The lowest BCUT2D eigenvalue weighted by atomic mass is 10.0. The van der Waals surface area contributed by atoms with Crippen molar-refractivity contribution in [2.24, 2.45) is 0 Å². The van der Waals surface area contributed by atoms with Crippen LogP contribution in [0.1, 0.15) is 11.3 Å². The molecule has 4 nitrogen and oxygen atoms in total. The van der Waals surface area contributed by atoms with Crippen LogP contribution in [0.25, 0.3) is 10.9 Å². The zero-order valence-corrected chi connectivity index (χ0v) is 13.8. The van der Waals surface area contributed by atoms with Crippen LogP contribution in [-0.4, -0.2) is 22.5 Å². The highest BCUT2D eigenvalue weighted by Gasteiger charge is 2.24. The van der Waals surface area contributed by atoms with Crippen molar-refractivity contribution in [2.45, 2.75) is 13.0 Å². The number of fused-ring (bicyclic) bond motifs is 3. The molecule has 1 aliphatic rings. The summed E-state index contributed by atoms with van der Waals surface area (Å²) in [6.45, 7) is 0.905. The van der Waals surface area contributed by atoms with Crippen LogP contribution in [-0.2, 0) is 13.0 Å². The number of aromatic nitrogens is 1. The smallest absolute Gasteiger partial charge is 0.322 e. The van der Waals surface area contributed by atoms with E-state index in [2.05, 4.69) is 10.3 Å². The summed E-state index contributed by atoms with van der Waals surface area (Å²) in [5, 5.41) is 3.45. The molecule has 2 amide bonds. The van der Waals surface area contributed by atoms with Gasteiger partial charge in [0.25, 0.3) is 0 Å². The summed E-state index contributed by atoms with van der Waals surface area (Å²) in [6.07, 6.45) is 0.656. The number of hydrogen-bond acceptors (Lipinski definition) is 1. The van der Waals surface area contributed by atoms with Gasteiger partial charge in [0.1, 0.15) is 11.6 Å². The lowest BCUT2D eigenvalue weighted by Gasteiger charge is -2.27. The Balaban J connectivity index is 1.57. The number of urea groups is 1. The van der Waals surface area contributed by atoms with Crippen molar-refractivity contribution in [2.75, 3.05) is 11.9 Å². The molecular weight excluding hydrogens is 348 g/mol. The van der Waals surface area contributed by atoms with Gasteiger partial charge in [0.15, 0.2) is 0 Å². The summed E-state index contributed by atoms with van der Waals surface area (Å²) in [6, 6.07) is 8.31. The number of rotatable bonds is 1. The first-order chi connectivity index (χ1) is 12.0. The third kappa shape index (κ3) is 2.93. The van der Waals surface area contributed by atoms with Gasteiger partial charge in [-0.05, 0) is 36.4 Å². The van der Waals surface area contributed by atoms with E-state index in [1.54, 1.807) is 11.0 Å². The molecule has 0 aliphatic carbocycles. The Morgan fingerprint density at radius 3 is 2.84 bits per heavy atom. The molecule has 128 valence electrons. The summed E-state index contributed by atoms with van der Waals surface area (Å²) in [7, 11) is 0. The number of aromatic amines is 1. The molecule has 0 radical (unpaired) electrons. The fraction of sp³-hybridized carbons (Fsp3) is 0.167. The van der Waals surface area contributed by atoms with E-state index < -0.39 is 5.82 Å². The summed E-state index contributed by atoms with van der Waals surface area (Å²) in [5.74, 6) is -0.847. The average Bonchev–Trinajstić information content (AvgIpc) is 2.95. The SMILES string of the molecule is O=C(Nc1ccc(F)c(Cl)c1)N1CCc2[nH]c3ccc(F)cc3c2C1. The minimum absolute atomic E-state index is 0.0502. The molecule has 0 spiro atoms. The molecule has 1 aromatic heterocycles. The van der Waals surface area contributed by atoms with Crippen molar-refractivity contribution in [1.82, 2.24) is 9.88 Å². The van der Waals surface area contributed by atoms with Crippen LogP contribution >= 0.6 is 11.6 Å². The van der Waals surface area contributed by atoms with Gasteiger partial charge in [-0.15, -0.1) is 0 Å². The quantitative estimate of drug-likeness (QED) is 0.649. The Hall–Kier alpha value is -2.60. The van der Waals surface area contributed by atoms with Crippen LogP contribution in [0.4, 0.5) is 19.3 Å². The molecule has 4 rings (SSSR count). The molecule has 0 unspecified atom stereocenters. The van der Waals surface area contributed by atoms with Crippen LogP contribution in [0.2, 0.25) is 5.02 Å². The molecule has 0 saturated carbocycles. The molecule has 2 N–H and O–H groups in total. The van der Waals surface area contributed by atoms with Gasteiger partial charge in [-0.2, -0.15) is 0 Å². The standard InChI is InChI=1S/C18H14ClF2N3O/c19-14-8-11(2-3-15(14)21)22-18(25)24-6-5-17-13(9-24)12-7-10(20)1-4-16(12)23-17/h1-4,7-8,23H,5-6,9H2,(H,22,25). The topological polar surface area (TPSA) is 48.1 Å². The second kappa shape index (κ2) is 6.04. The highest BCUT2D eigenvalue weighted by molar-refractivity contribution is 6.31. The Labute approximate surface area is 147 Å². The molecule has 0 saturated heterocycles. The van der Waals surface area contributed by atoms with E-state index in [0.717, 1.165) is 22.2 Å². The van der Waals surface area contributed by atoms with Gasteiger partial charge in [-0.3, -0.25) is 0 Å². The van der Waals surface area contributed by atoms with Crippen molar-refractivity contribution in [3.05, 3.63) is 64.3 Å². The van der Waals surface area contributed by atoms with Crippen molar-refractivity contribution in [3.63, 3.8) is 0 Å². The Morgan fingerprint density at radius 1 is 1.20 bits per heavy atom. The number of nitrogens with one attached hydrogen (secondary N) is 2. The number of halogens is 3. The number of carbonyl (C=O) groups is 1. The van der Waals surface area contributed by atoms with Gasteiger partial charge in [-0.1, -0.05) is 11.6 Å². The van der Waals surface area contributed by atoms with Crippen molar-refractivity contribution >= 4 is 34.2 Å². The van der Waals surface area contributed by atoms with Crippen molar-refractivity contribution in [3.8, 4) is 0 Å². The van der Waals surface area contributed by atoms with Crippen molar-refractivity contribution < 1.29 is 13.6 Å². The minimum Gasteiger partial charge on any atom is -0.358 e. The Bertz CT molecular complexity index is 986. The predicted molar refractivity (Wildman–Crippen MR) is 92.8 cm³/mol. The molecule has 1 aliphatic heterocycles. The second-order valence-corrected chi connectivity index (χ2v) is 6.41. The summed E-state index contributed by atoms with van der Waals surface area (Å²) >= 11 is 5.74. The van der Waals surface area contributed by atoms with Crippen LogP contribution < -0.4 is 5.32 Å². The molecule has 0 fully saturated rings. The summed E-state index contributed by atoms with van der Waals surface area (Å²) in [5.41, 5.74) is 3.23. The van der Waals surface area contributed by atoms with E-state index in [-0.39, 0.29) is 16.9 Å². The zero-order valence-electron chi connectivity index (χ0n) is 13.1. The first-order valence-corrected chi connectivity index (χ1v) is 8.19. The minimum atomic E-state index is -0.539. The number of benzene rings is 2. The zero-order chi connectivity index (χ0) is 17.6. The maximum Gasteiger partial charge on any atom is 0.322 e. The number of nitrogens with zero attached hydrogens (tertiary/aromatic N) is 1. The van der Waals surface area contributed by atoms with Gasteiger partial charge in [0, 0.05) is 47.4 Å². The number of amides is 2. The highest BCUT2D eigenvalue weighted by atomic mass is 35.5. The molecule has 7 heteroatoms. The maximum absolute atomic E-state index is 13.5. The molecule has 3 aromatic rings. The van der Waals surface area contributed by atoms with Gasteiger partial charge < -0.3 is 15.2 Å². The lowest BCUT2D eigenvalue weighted by molar-refractivity contribution is 0.206. The second-order valence-electron chi connectivity index (χ2n) is 6.00. The molecule has 0 atom stereocenters. The normalized spacial score (nSPS) is 13.8. The number of anilines is 1. The third-order valence-electron chi connectivity index (χ3n) is 4.40. The fourth-order valence-electron chi connectivity index (χ4n) is 3.14. The average molecular weight is 362 g/mol. The molecule has 25 heavy (non-hydrogen) atoms.